The lowest BCUT2D eigenvalue weighted by Crippen LogP contribution is -2.23. The number of benzene rings is 1. The summed E-state index contributed by atoms with van der Waals surface area (Å²) in [7, 11) is 0. The Bertz CT molecular complexity index is 233. The summed E-state index contributed by atoms with van der Waals surface area (Å²) in [5, 5.41) is 12.1. The first-order valence-corrected chi connectivity index (χ1v) is 3.26. The molecule has 1 N–H and O–H groups in total. The number of carbonyl (C=O) groups is 1. The normalized spacial score (nSPS) is 9.18. The molecular formula is C8H8NO2. The molecule has 0 aliphatic rings. The number of amides is 1. The molecule has 0 saturated heterocycles. The summed E-state index contributed by atoms with van der Waals surface area (Å²) in [6, 6.07) is 8.63. The molecule has 1 rings (SSSR count). The fourth-order valence-electron chi connectivity index (χ4n) is 0.757. The van der Waals surface area contributed by atoms with Crippen LogP contribution in [0.1, 0.15) is 10.4 Å². The van der Waals surface area contributed by atoms with Crippen molar-refractivity contribution in [3.63, 3.8) is 0 Å². The third-order valence-electron chi connectivity index (χ3n) is 1.27. The minimum Gasteiger partial charge on any atom is -0.326 e. The number of hydrogen-bond acceptors (Lipinski definition) is 1. The topological polar surface area (TPSA) is 49.0 Å². The maximum Gasteiger partial charge on any atom is 0.253 e. The average molecular weight is 150 g/mol. The fraction of sp³-hybridized carbons (Fsp3) is 0.125. The van der Waals surface area contributed by atoms with E-state index in [9.17, 15) is 9.90 Å². The van der Waals surface area contributed by atoms with E-state index in [1.807, 2.05) is 6.07 Å². The molecule has 0 atom stereocenters. The van der Waals surface area contributed by atoms with Gasteiger partial charge in [-0.3, -0.25) is 4.79 Å². The monoisotopic (exact) mass is 150 g/mol. The molecule has 0 heterocycles. The first-order chi connectivity index (χ1) is 5.34. The largest absolute Gasteiger partial charge is 0.326 e. The Balaban J connectivity index is 2.69. The molecule has 0 bridgehead atoms. The number of hydrogen-bond donors (Lipinski definition) is 1. The van der Waals surface area contributed by atoms with Gasteiger partial charge >= 0.3 is 0 Å². The fourth-order valence-corrected chi connectivity index (χ4v) is 0.757. The minimum absolute atomic E-state index is 0.319. The first-order valence-electron chi connectivity index (χ1n) is 3.26. The Kier molecular flexibility index (Phi) is 2.63. The zero-order chi connectivity index (χ0) is 8.10. The number of carbonyl (C=O) groups excluding carboxylic acids is 1. The van der Waals surface area contributed by atoms with Crippen LogP contribution in [-0.2, 0) is 5.11 Å². The zero-order valence-corrected chi connectivity index (χ0v) is 5.91. The third kappa shape index (κ3) is 2.05. The van der Waals surface area contributed by atoms with Gasteiger partial charge in [0.15, 0.2) is 6.73 Å². The van der Waals surface area contributed by atoms with Crippen molar-refractivity contribution in [1.29, 1.82) is 0 Å². The summed E-state index contributed by atoms with van der Waals surface area (Å²) in [5.41, 5.74) is 0.517. The second-order valence-electron chi connectivity index (χ2n) is 2.02. The van der Waals surface area contributed by atoms with Crippen LogP contribution in [0.5, 0.6) is 0 Å². The molecule has 3 nitrogen and oxygen atoms in total. The first kappa shape index (κ1) is 7.75. The summed E-state index contributed by atoms with van der Waals surface area (Å²) >= 11 is 0. The van der Waals surface area contributed by atoms with Gasteiger partial charge in [-0.25, -0.2) is 5.11 Å². The molecule has 0 saturated carbocycles. The Morgan fingerprint density at radius 1 is 1.27 bits per heavy atom. The Morgan fingerprint density at radius 2 is 1.91 bits per heavy atom. The highest BCUT2D eigenvalue weighted by Crippen LogP contribution is 1.96. The molecule has 0 aromatic heterocycles. The van der Waals surface area contributed by atoms with E-state index in [0.29, 0.717) is 5.56 Å². The van der Waals surface area contributed by atoms with Gasteiger partial charge in [-0.1, -0.05) is 18.2 Å². The van der Waals surface area contributed by atoms with Crippen molar-refractivity contribution >= 4 is 5.91 Å². The quantitative estimate of drug-likeness (QED) is 0.623. The highest BCUT2D eigenvalue weighted by atomic mass is 16.3. The van der Waals surface area contributed by atoms with E-state index in [1.165, 1.54) is 0 Å². The van der Waals surface area contributed by atoms with Crippen LogP contribution in [0.3, 0.4) is 0 Å². The van der Waals surface area contributed by atoms with Gasteiger partial charge < -0.3 is 5.32 Å². The van der Waals surface area contributed by atoms with Crippen LogP contribution in [-0.4, -0.2) is 12.6 Å². The van der Waals surface area contributed by atoms with Crippen molar-refractivity contribution < 1.29 is 9.90 Å². The van der Waals surface area contributed by atoms with E-state index >= 15 is 0 Å². The Morgan fingerprint density at radius 3 is 2.45 bits per heavy atom. The highest BCUT2D eigenvalue weighted by Gasteiger charge is 2.00. The van der Waals surface area contributed by atoms with Gasteiger partial charge in [0, 0.05) is 5.56 Å². The summed E-state index contributed by atoms with van der Waals surface area (Å²) in [4.78, 5) is 10.9. The summed E-state index contributed by atoms with van der Waals surface area (Å²) in [5.74, 6) is -0.319. The van der Waals surface area contributed by atoms with Gasteiger partial charge in [0.25, 0.3) is 5.91 Å². The second-order valence-corrected chi connectivity index (χ2v) is 2.02. The standard InChI is InChI=1S/C8H8NO2/c10-6-9-8(11)7-4-2-1-3-5-7/h1-5H,6H2,(H,9,11). The summed E-state index contributed by atoms with van der Waals surface area (Å²) in [6.45, 7) is -0.576. The van der Waals surface area contributed by atoms with Gasteiger partial charge in [-0.05, 0) is 12.1 Å². The summed E-state index contributed by atoms with van der Waals surface area (Å²) in [6.07, 6.45) is 0. The van der Waals surface area contributed by atoms with E-state index in [4.69, 9.17) is 0 Å². The van der Waals surface area contributed by atoms with E-state index < -0.39 is 6.73 Å². The molecule has 1 radical (unpaired) electrons. The molecule has 1 amide bonds. The van der Waals surface area contributed by atoms with Crippen molar-refractivity contribution in [2.24, 2.45) is 0 Å². The Hall–Kier alpha value is -1.35. The van der Waals surface area contributed by atoms with Crippen LogP contribution in [0, 0.1) is 0 Å². The molecule has 1 aromatic carbocycles. The smallest absolute Gasteiger partial charge is 0.253 e. The molecular weight excluding hydrogens is 142 g/mol. The van der Waals surface area contributed by atoms with E-state index in [1.54, 1.807) is 24.3 Å². The van der Waals surface area contributed by atoms with Gasteiger partial charge in [0.1, 0.15) is 0 Å². The van der Waals surface area contributed by atoms with Crippen LogP contribution in [0.25, 0.3) is 0 Å². The molecule has 57 valence electrons. The van der Waals surface area contributed by atoms with E-state index in [2.05, 4.69) is 5.32 Å². The average Bonchev–Trinajstić information content (AvgIpc) is 2.07. The van der Waals surface area contributed by atoms with E-state index in [-0.39, 0.29) is 5.91 Å². The van der Waals surface area contributed by atoms with E-state index in [0.717, 1.165) is 0 Å². The van der Waals surface area contributed by atoms with Crippen LogP contribution in [0.2, 0.25) is 0 Å². The van der Waals surface area contributed by atoms with Gasteiger partial charge in [0.2, 0.25) is 0 Å². The molecule has 0 aliphatic carbocycles. The lowest BCUT2D eigenvalue weighted by atomic mass is 10.2. The number of rotatable bonds is 2. The molecule has 3 heteroatoms. The minimum atomic E-state index is -0.576. The molecule has 0 spiro atoms. The van der Waals surface area contributed by atoms with Crippen LogP contribution in [0.15, 0.2) is 30.3 Å². The molecule has 0 unspecified atom stereocenters. The zero-order valence-electron chi connectivity index (χ0n) is 5.91. The van der Waals surface area contributed by atoms with Crippen molar-refractivity contribution in [1.82, 2.24) is 5.32 Å². The summed E-state index contributed by atoms with van der Waals surface area (Å²) < 4.78 is 0. The van der Waals surface area contributed by atoms with Gasteiger partial charge in [0.05, 0.1) is 0 Å². The van der Waals surface area contributed by atoms with Gasteiger partial charge in [-0.2, -0.15) is 0 Å². The van der Waals surface area contributed by atoms with Crippen molar-refractivity contribution in [3.8, 4) is 0 Å². The third-order valence-corrected chi connectivity index (χ3v) is 1.27. The maximum atomic E-state index is 10.9. The molecule has 0 aliphatic heterocycles. The predicted octanol–water partition coefficient (Wildman–Crippen LogP) is 0.804. The molecule has 11 heavy (non-hydrogen) atoms. The van der Waals surface area contributed by atoms with Crippen LogP contribution < -0.4 is 5.32 Å². The number of nitrogens with one attached hydrogen (secondary N) is 1. The predicted molar refractivity (Wildman–Crippen MR) is 39.5 cm³/mol. The van der Waals surface area contributed by atoms with Crippen molar-refractivity contribution in [3.05, 3.63) is 35.9 Å². The second kappa shape index (κ2) is 3.73. The highest BCUT2D eigenvalue weighted by molar-refractivity contribution is 5.93. The van der Waals surface area contributed by atoms with Crippen molar-refractivity contribution in [2.45, 2.75) is 0 Å². The Labute approximate surface area is 64.7 Å². The van der Waals surface area contributed by atoms with Crippen LogP contribution in [0.4, 0.5) is 0 Å². The molecule has 0 fully saturated rings. The SMILES string of the molecule is [O]CNC(=O)c1ccccc1. The lowest BCUT2D eigenvalue weighted by Gasteiger charge is -1.98. The lowest BCUT2D eigenvalue weighted by molar-refractivity contribution is 0.0859. The molecule has 1 aromatic rings. The van der Waals surface area contributed by atoms with Crippen LogP contribution >= 0.6 is 0 Å². The maximum absolute atomic E-state index is 10.9. The van der Waals surface area contributed by atoms with Gasteiger partial charge in [-0.15, -0.1) is 0 Å². The van der Waals surface area contributed by atoms with Crippen molar-refractivity contribution in [2.75, 3.05) is 6.73 Å².